The van der Waals surface area contributed by atoms with E-state index >= 15 is 0 Å². The van der Waals surface area contributed by atoms with Crippen molar-refractivity contribution in [1.82, 2.24) is 4.98 Å². The van der Waals surface area contributed by atoms with Gasteiger partial charge in [-0.05, 0) is 31.9 Å². The molecule has 0 aliphatic carbocycles. The van der Waals surface area contributed by atoms with Crippen molar-refractivity contribution in [2.45, 2.75) is 26.3 Å². The maximum absolute atomic E-state index is 5.63. The van der Waals surface area contributed by atoms with Gasteiger partial charge >= 0.3 is 0 Å². The number of alkyl halides is 1. The average molecular weight is 199 g/mol. The Morgan fingerprint density at radius 3 is 2.85 bits per heavy atom. The number of rotatable bonds is 4. The normalized spacial score (nSPS) is 12.5. The fourth-order valence-electron chi connectivity index (χ4n) is 1.04. The number of nitrogens with zero attached hydrogens (tertiary/aromatic N) is 1. The van der Waals surface area contributed by atoms with Crippen LogP contribution in [0.5, 0.6) is 0 Å². The number of hydrogen-bond donors (Lipinski definition) is 1. The van der Waals surface area contributed by atoms with Crippen LogP contribution < -0.4 is 5.32 Å². The summed E-state index contributed by atoms with van der Waals surface area (Å²) in [5.74, 6) is 1.60. The first-order chi connectivity index (χ1) is 6.22. The maximum Gasteiger partial charge on any atom is 0.126 e. The first-order valence-electron chi connectivity index (χ1n) is 4.47. The minimum atomic E-state index is 0.382. The topological polar surface area (TPSA) is 24.9 Å². The molecule has 3 heteroatoms. The molecule has 0 aliphatic rings. The first kappa shape index (κ1) is 10.3. The van der Waals surface area contributed by atoms with E-state index in [9.17, 15) is 0 Å². The molecule has 0 amide bonds. The highest BCUT2D eigenvalue weighted by molar-refractivity contribution is 6.17. The predicted molar refractivity (Wildman–Crippen MR) is 57.4 cm³/mol. The molecular weight excluding hydrogens is 184 g/mol. The standard InChI is InChI=1S/C10H15ClN2/c1-8-3-4-10(12-7-8)13-9(2)5-6-11/h3-4,7,9H,5-6H2,1-2H3,(H,12,13). The summed E-state index contributed by atoms with van der Waals surface area (Å²) < 4.78 is 0. The summed E-state index contributed by atoms with van der Waals surface area (Å²) in [5, 5.41) is 3.27. The summed E-state index contributed by atoms with van der Waals surface area (Å²) in [6, 6.07) is 4.41. The van der Waals surface area contributed by atoms with Crippen LogP contribution in [0, 0.1) is 6.92 Å². The van der Waals surface area contributed by atoms with E-state index in [1.54, 1.807) is 0 Å². The smallest absolute Gasteiger partial charge is 0.126 e. The first-order valence-corrected chi connectivity index (χ1v) is 5.01. The van der Waals surface area contributed by atoms with Crippen molar-refractivity contribution < 1.29 is 0 Å². The Balaban J connectivity index is 2.49. The molecule has 1 atom stereocenters. The Morgan fingerprint density at radius 2 is 2.31 bits per heavy atom. The van der Waals surface area contributed by atoms with Crippen LogP contribution in [0.3, 0.4) is 0 Å². The van der Waals surface area contributed by atoms with E-state index in [1.807, 2.05) is 25.3 Å². The van der Waals surface area contributed by atoms with Crippen LogP contribution in [0.25, 0.3) is 0 Å². The predicted octanol–water partition coefficient (Wildman–Crippen LogP) is 2.82. The summed E-state index contributed by atoms with van der Waals surface area (Å²) >= 11 is 5.63. The third-order valence-corrected chi connectivity index (χ3v) is 2.07. The average Bonchev–Trinajstić information content (AvgIpc) is 2.09. The molecule has 13 heavy (non-hydrogen) atoms. The number of pyridine rings is 1. The highest BCUT2D eigenvalue weighted by Gasteiger charge is 2.00. The lowest BCUT2D eigenvalue weighted by atomic mass is 10.2. The van der Waals surface area contributed by atoms with Gasteiger partial charge in [0.15, 0.2) is 0 Å². The summed E-state index contributed by atoms with van der Waals surface area (Å²) in [4.78, 5) is 4.25. The molecule has 0 spiro atoms. The highest BCUT2D eigenvalue weighted by atomic mass is 35.5. The Labute approximate surface area is 84.3 Å². The van der Waals surface area contributed by atoms with Crippen LogP contribution in [-0.4, -0.2) is 16.9 Å². The van der Waals surface area contributed by atoms with Gasteiger partial charge in [0, 0.05) is 18.1 Å². The molecule has 1 aromatic heterocycles. The largest absolute Gasteiger partial charge is 0.368 e. The molecule has 1 aromatic rings. The van der Waals surface area contributed by atoms with E-state index in [1.165, 1.54) is 5.56 Å². The van der Waals surface area contributed by atoms with Gasteiger partial charge in [0.2, 0.25) is 0 Å². The number of nitrogens with one attached hydrogen (secondary N) is 1. The third-order valence-electron chi connectivity index (χ3n) is 1.85. The Bertz CT molecular complexity index is 246. The van der Waals surface area contributed by atoms with Gasteiger partial charge < -0.3 is 5.32 Å². The molecule has 1 heterocycles. The third kappa shape index (κ3) is 3.64. The van der Waals surface area contributed by atoms with Crippen molar-refractivity contribution in [3.8, 4) is 0 Å². The molecule has 0 aliphatic heterocycles. The van der Waals surface area contributed by atoms with Crippen molar-refractivity contribution in [3.05, 3.63) is 23.9 Å². The van der Waals surface area contributed by atoms with Gasteiger partial charge in [-0.1, -0.05) is 6.07 Å². The number of hydrogen-bond acceptors (Lipinski definition) is 2. The van der Waals surface area contributed by atoms with E-state index < -0.39 is 0 Å². The molecule has 1 unspecified atom stereocenters. The van der Waals surface area contributed by atoms with Crippen LogP contribution in [0.4, 0.5) is 5.82 Å². The van der Waals surface area contributed by atoms with Crippen molar-refractivity contribution in [2.24, 2.45) is 0 Å². The Hall–Kier alpha value is -0.760. The molecule has 0 bridgehead atoms. The molecular formula is C10H15ClN2. The second-order valence-corrected chi connectivity index (χ2v) is 3.62. The maximum atomic E-state index is 5.63. The van der Waals surface area contributed by atoms with E-state index in [0.717, 1.165) is 12.2 Å². The molecule has 1 rings (SSSR count). The minimum absolute atomic E-state index is 0.382. The van der Waals surface area contributed by atoms with Crippen molar-refractivity contribution in [3.63, 3.8) is 0 Å². The van der Waals surface area contributed by atoms with Crippen LogP contribution >= 0.6 is 11.6 Å². The summed E-state index contributed by atoms with van der Waals surface area (Å²) in [5.41, 5.74) is 1.18. The van der Waals surface area contributed by atoms with Gasteiger partial charge in [0.25, 0.3) is 0 Å². The van der Waals surface area contributed by atoms with Gasteiger partial charge in [0.05, 0.1) is 0 Å². The lowest BCUT2D eigenvalue weighted by Crippen LogP contribution is -2.16. The minimum Gasteiger partial charge on any atom is -0.368 e. The summed E-state index contributed by atoms with van der Waals surface area (Å²) in [7, 11) is 0. The molecule has 0 saturated heterocycles. The number of anilines is 1. The quantitative estimate of drug-likeness (QED) is 0.753. The molecule has 0 fully saturated rings. The SMILES string of the molecule is Cc1ccc(NC(C)CCCl)nc1. The van der Waals surface area contributed by atoms with Crippen molar-refractivity contribution >= 4 is 17.4 Å². The molecule has 0 saturated carbocycles. The number of aryl methyl sites for hydroxylation is 1. The Morgan fingerprint density at radius 1 is 1.54 bits per heavy atom. The molecule has 2 nitrogen and oxygen atoms in total. The van der Waals surface area contributed by atoms with Gasteiger partial charge in [-0.2, -0.15) is 0 Å². The van der Waals surface area contributed by atoms with E-state index in [4.69, 9.17) is 11.6 Å². The lowest BCUT2D eigenvalue weighted by Gasteiger charge is -2.12. The molecule has 0 aromatic carbocycles. The van der Waals surface area contributed by atoms with Crippen LogP contribution in [-0.2, 0) is 0 Å². The zero-order valence-corrected chi connectivity index (χ0v) is 8.80. The fraction of sp³-hybridized carbons (Fsp3) is 0.500. The van der Waals surface area contributed by atoms with Crippen LogP contribution in [0.2, 0.25) is 0 Å². The van der Waals surface area contributed by atoms with Crippen molar-refractivity contribution in [2.75, 3.05) is 11.2 Å². The number of aromatic nitrogens is 1. The fourth-order valence-corrected chi connectivity index (χ4v) is 1.37. The van der Waals surface area contributed by atoms with Gasteiger partial charge in [0.1, 0.15) is 5.82 Å². The second-order valence-electron chi connectivity index (χ2n) is 3.24. The second kappa shape index (κ2) is 5.07. The van der Waals surface area contributed by atoms with Gasteiger partial charge in [-0.3, -0.25) is 0 Å². The molecule has 1 N–H and O–H groups in total. The summed E-state index contributed by atoms with van der Waals surface area (Å²) in [6.45, 7) is 4.13. The van der Waals surface area contributed by atoms with Crippen molar-refractivity contribution in [1.29, 1.82) is 0 Å². The molecule has 0 radical (unpaired) electrons. The van der Waals surface area contributed by atoms with E-state index in [-0.39, 0.29) is 0 Å². The number of halogens is 1. The van der Waals surface area contributed by atoms with E-state index in [0.29, 0.717) is 11.9 Å². The van der Waals surface area contributed by atoms with Gasteiger partial charge in [-0.15, -0.1) is 11.6 Å². The van der Waals surface area contributed by atoms with Gasteiger partial charge in [-0.25, -0.2) is 4.98 Å². The lowest BCUT2D eigenvalue weighted by molar-refractivity contribution is 0.764. The summed E-state index contributed by atoms with van der Waals surface area (Å²) in [6.07, 6.45) is 2.81. The van der Waals surface area contributed by atoms with E-state index in [2.05, 4.69) is 17.2 Å². The molecule has 72 valence electrons. The zero-order chi connectivity index (χ0) is 9.68. The van der Waals surface area contributed by atoms with Crippen LogP contribution in [0.15, 0.2) is 18.3 Å². The van der Waals surface area contributed by atoms with Crippen LogP contribution in [0.1, 0.15) is 18.9 Å². The Kier molecular flexibility index (Phi) is 4.03. The highest BCUT2D eigenvalue weighted by Crippen LogP contribution is 2.07. The monoisotopic (exact) mass is 198 g/mol. The zero-order valence-electron chi connectivity index (χ0n) is 8.05.